The van der Waals surface area contributed by atoms with Gasteiger partial charge in [-0.1, -0.05) is 12.1 Å². The van der Waals surface area contributed by atoms with Gasteiger partial charge in [0.2, 0.25) is 5.82 Å². The van der Waals surface area contributed by atoms with Crippen molar-refractivity contribution in [2.24, 2.45) is 0 Å². The highest BCUT2D eigenvalue weighted by molar-refractivity contribution is 7.99. The number of halogens is 3. The van der Waals surface area contributed by atoms with Gasteiger partial charge in [-0.3, -0.25) is 4.40 Å². The summed E-state index contributed by atoms with van der Waals surface area (Å²) in [5, 5.41) is 9.90. The number of thioether (sulfide) groups is 1. The fourth-order valence-corrected chi connectivity index (χ4v) is 3.28. The molecule has 0 atom stereocenters. The number of nitrogens with one attached hydrogen (secondary N) is 1. The summed E-state index contributed by atoms with van der Waals surface area (Å²) in [5.41, 5.74) is 0.0703. The molecule has 0 fully saturated rings. The molecule has 150 valence electrons. The number of para-hydroxylation sites is 2. The zero-order valence-corrected chi connectivity index (χ0v) is 16.2. The maximum atomic E-state index is 13.3. The van der Waals surface area contributed by atoms with Crippen molar-refractivity contribution in [1.82, 2.24) is 24.9 Å². The van der Waals surface area contributed by atoms with Crippen LogP contribution in [0.4, 0.5) is 18.0 Å². The molecule has 0 aliphatic rings. The number of carbonyl (C=O) groups excluding carboxylic acids is 1. The first-order valence-electron chi connectivity index (χ1n) is 8.37. The Kier molecular flexibility index (Phi) is 5.37. The van der Waals surface area contributed by atoms with Gasteiger partial charge in [0.1, 0.15) is 10.6 Å². The van der Waals surface area contributed by atoms with Crippen molar-refractivity contribution in [1.29, 1.82) is 0 Å². The van der Waals surface area contributed by atoms with Crippen molar-refractivity contribution in [2.45, 2.75) is 37.6 Å². The SMILES string of the molecule is CC(C)(C)OC(=O)NCCSc1nc2ccccc2n2c(C(F)(F)F)nnc12. The van der Waals surface area contributed by atoms with Crippen molar-refractivity contribution >= 4 is 34.5 Å². The smallest absolute Gasteiger partial charge is 0.444 e. The van der Waals surface area contributed by atoms with E-state index in [2.05, 4.69) is 20.5 Å². The number of carbonyl (C=O) groups is 1. The summed E-state index contributed by atoms with van der Waals surface area (Å²) in [7, 11) is 0. The molecule has 0 bridgehead atoms. The molecular formula is C17H18F3N5O2S. The van der Waals surface area contributed by atoms with E-state index < -0.39 is 23.7 Å². The topological polar surface area (TPSA) is 81.4 Å². The first-order valence-corrected chi connectivity index (χ1v) is 9.35. The quantitative estimate of drug-likeness (QED) is 0.516. The van der Waals surface area contributed by atoms with Gasteiger partial charge >= 0.3 is 12.3 Å². The third kappa shape index (κ3) is 4.46. The second-order valence-corrected chi connectivity index (χ2v) is 7.95. The summed E-state index contributed by atoms with van der Waals surface area (Å²) in [5.74, 6) is -0.733. The minimum Gasteiger partial charge on any atom is -0.444 e. The zero-order valence-electron chi connectivity index (χ0n) is 15.4. The van der Waals surface area contributed by atoms with E-state index in [1.54, 1.807) is 39.0 Å². The Morgan fingerprint density at radius 3 is 2.61 bits per heavy atom. The summed E-state index contributed by atoms with van der Waals surface area (Å²) in [4.78, 5) is 16.1. The number of rotatable bonds is 4. The maximum absolute atomic E-state index is 13.3. The van der Waals surface area contributed by atoms with Crippen LogP contribution in [0, 0.1) is 0 Å². The number of alkyl carbamates (subject to hydrolysis) is 1. The van der Waals surface area contributed by atoms with Crippen LogP contribution in [0.2, 0.25) is 0 Å². The first-order chi connectivity index (χ1) is 13.1. The van der Waals surface area contributed by atoms with E-state index in [-0.39, 0.29) is 17.7 Å². The standard InChI is InChI=1S/C17H18F3N5O2S/c1-16(2,3)27-15(26)21-8-9-28-13-12-23-24-14(17(18,19)20)25(12)11-7-5-4-6-10(11)22-13/h4-7H,8-9H2,1-3H3,(H,21,26). The van der Waals surface area contributed by atoms with Gasteiger partial charge in [0, 0.05) is 12.3 Å². The van der Waals surface area contributed by atoms with Crippen LogP contribution in [0.25, 0.3) is 16.7 Å². The van der Waals surface area contributed by atoms with Crippen molar-refractivity contribution in [2.75, 3.05) is 12.3 Å². The average molecular weight is 413 g/mol. The summed E-state index contributed by atoms with van der Waals surface area (Å²) in [6.07, 6.45) is -5.21. The molecular weight excluding hydrogens is 395 g/mol. The van der Waals surface area contributed by atoms with E-state index in [9.17, 15) is 18.0 Å². The van der Waals surface area contributed by atoms with Gasteiger partial charge in [0.25, 0.3) is 0 Å². The molecule has 11 heteroatoms. The van der Waals surface area contributed by atoms with Crippen LogP contribution in [-0.2, 0) is 10.9 Å². The molecule has 3 aromatic rings. The molecule has 2 heterocycles. The zero-order chi connectivity index (χ0) is 20.5. The van der Waals surface area contributed by atoms with Crippen LogP contribution in [0.15, 0.2) is 29.3 Å². The normalized spacial score (nSPS) is 12.5. The van der Waals surface area contributed by atoms with Crippen LogP contribution in [-0.4, -0.2) is 43.6 Å². The number of hydrogen-bond donors (Lipinski definition) is 1. The number of amides is 1. The van der Waals surface area contributed by atoms with Gasteiger partial charge in [0.15, 0.2) is 5.65 Å². The van der Waals surface area contributed by atoms with Crippen LogP contribution in [0.5, 0.6) is 0 Å². The van der Waals surface area contributed by atoms with E-state index in [1.807, 2.05) is 0 Å². The van der Waals surface area contributed by atoms with Crippen molar-refractivity contribution < 1.29 is 22.7 Å². The monoisotopic (exact) mass is 413 g/mol. The Bertz CT molecular complexity index is 1010. The number of ether oxygens (including phenoxy) is 1. The molecule has 1 aromatic carbocycles. The van der Waals surface area contributed by atoms with E-state index in [0.29, 0.717) is 16.3 Å². The van der Waals surface area contributed by atoms with Crippen LogP contribution >= 0.6 is 11.8 Å². The number of alkyl halides is 3. The predicted molar refractivity (Wildman–Crippen MR) is 98.3 cm³/mol. The van der Waals surface area contributed by atoms with Gasteiger partial charge < -0.3 is 10.1 Å². The van der Waals surface area contributed by atoms with E-state index in [0.717, 1.165) is 4.40 Å². The third-order valence-corrected chi connectivity index (χ3v) is 4.42. The van der Waals surface area contributed by atoms with Gasteiger partial charge in [0.05, 0.1) is 11.0 Å². The highest BCUT2D eigenvalue weighted by atomic mass is 32.2. The van der Waals surface area contributed by atoms with Crippen molar-refractivity contribution in [3.63, 3.8) is 0 Å². The summed E-state index contributed by atoms with van der Waals surface area (Å²) in [6.45, 7) is 5.50. The maximum Gasteiger partial charge on any atom is 0.452 e. The molecule has 0 radical (unpaired) electrons. The summed E-state index contributed by atoms with van der Waals surface area (Å²) < 4.78 is 46.1. The molecule has 0 unspecified atom stereocenters. The van der Waals surface area contributed by atoms with Gasteiger partial charge in [-0.05, 0) is 32.9 Å². The van der Waals surface area contributed by atoms with Crippen LogP contribution in [0.3, 0.4) is 0 Å². The highest BCUT2D eigenvalue weighted by Crippen LogP contribution is 2.32. The molecule has 1 amide bonds. The van der Waals surface area contributed by atoms with Gasteiger partial charge in [-0.25, -0.2) is 9.78 Å². The lowest BCUT2D eigenvalue weighted by atomic mass is 10.2. The Hall–Kier alpha value is -2.56. The minimum atomic E-state index is -4.65. The third-order valence-electron chi connectivity index (χ3n) is 3.46. The second kappa shape index (κ2) is 7.46. The Balaban J connectivity index is 1.83. The molecule has 0 saturated carbocycles. The van der Waals surface area contributed by atoms with Gasteiger partial charge in [-0.2, -0.15) is 13.2 Å². The molecule has 1 N–H and O–H groups in total. The number of hydrogen-bond acceptors (Lipinski definition) is 6. The molecule has 2 aromatic heterocycles. The number of benzene rings is 1. The van der Waals surface area contributed by atoms with Crippen LogP contribution < -0.4 is 5.32 Å². The van der Waals surface area contributed by atoms with Crippen molar-refractivity contribution in [3.8, 4) is 0 Å². The molecule has 3 rings (SSSR count). The Morgan fingerprint density at radius 1 is 1.21 bits per heavy atom. The van der Waals surface area contributed by atoms with E-state index >= 15 is 0 Å². The van der Waals surface area contributed by atoms with Crippen LogP contribution in [0.1, 0.15) is 26.6 Å². The van der Waals surface area contributed by atoms with Crippen molar-refractivity contribution in [3.05, 3.63) is 30.1 Å². The second-order valence-electron chi connectivity index (χ2n) is 6.86. The minimum absolute atomic E-state index is 0.0216. The fraction of sp³-hybridized carbons (Fsp3) is 0.412. The molecule has 7 nitrogen and oxygen atoms in total. The fourth-order valence-electron chi connectivity index (χ4n) is 2.45. The first kappa shape index (κ1) is 20.2. The number of nitrogens with zero attached hydrogens (tertiary/aromatic N) is 4. The van der Waals surface area contributed by atoms with E-state index in [1.165, 1.54) is 17.8 Å². The Labute approximate surface area is 162 Å². The Morgan fingerprint density at radius 2 is 1.93 bits per heavy atom. The molecule has 0 aliphatic carbocycles. The number of aromatic nitrogens is 4. The lowest BCUT2D eigenvalue weighted by Gasteiger charge is -2.19. The average Bonchev–Trinajstić information content (AvgIpc) is 3.03. The molecule has 0 aliphatic heterocycles. The summed E-state index contributed by atoms with van der Waals surface area (Å²) in [6, 6.07) is 6.48. The van der Waals surface area contributed by atoms with E-state index in [4.69, 9.17) is 4.74 Å². The molecule has 28 heavy (non-hydrogen) atoms. The number of fused-ring (bicyclic) bond motifs is 3. The lowest BCUT2D eigenvalue weighted by molar-refractivity contribution is -0.145. The lowest BCUT2D eigenvalue weighted by Crippen LogP contribution is -2.33. The summed E-state index contributed by atoms with van der Waals surface area (Å²) >= 11 is 1.18. The highest BCUT2D eigenvalue weighted by Gasteiger charge is 2.38. The van der Waals surface area contributed by atoms with Gasteiger partial charge in [-0.15, -0.1) is 22.0 Å². The predicted octanol–water partition coefficient (Wildman–Crippen LogP) is 3.91. The molecule has 0 spiro atoms. The largest absolute Gasteiger partial charge is 0.452 e. The molecule has 0 saturated heterocycles.